The van der Waals surface area contributed by atoms with E-state index < -0.39 is 0 Å². The van der Waals surface area contributed by atoms with Gasteiger partial charge in [-0.15, -0.1) is 0 Å². The number of pyridine rings is 1. The Balaban J connectivity index is 1.42. The average Bonchev–Trinajstić information content (AvgIpc) is 3.25. The van der Waals surface area contributed by atoms with E-state index in [2.05, 4.69) is 16.4 Å². The van der Waals surface area contributed by atoms with Gasteiger partial charge in [0.1, 0.15) is 5.76 Å². The molecule has 26 heavy (non-hydrogen) atoms. The summed E-state index contributed by atoms with van der Waals surface area (Å²) in [4.78, 5) is 16.9. The fourth-order valence-electron chi connectivity index (χ4n) is 5.54. The molecular weight excluding hydrogens is 328 g/mol. The van der Waals surface area contributed by atoms with Crippen molar-refractivity contribution in [2.24, 2.45) is 5.92 Å². The molecule has 0 aliphatic heterocycles. The van der Waals surface area contributed by atoms with Crippen molar-refractivity contribution >= 4 is 11.7 Å². The lowest BCUT2D eigenvalue weighted by Crippen LogP contribution is -2.43. The minimum atomic E-state index is -0.288. The van der Waals surface area contributed by atoms with Gasteiger partial charge in [-0.05, 0) is 60.8 Å². The van der Waals surface area contributed by atoms with E-state index in [-0.39, 0.29) is 5.97 Å². The van der Waals surface area contributed by atoms with Gasteiger partial charge in [0.05, 0.1) is 31.3 Å². The normalized spacial score (nSPS) is 28.5. The van der Waals surface area contributed by atoms with E-state index in [0.29, 0.717) is 30.1 Å². The van der Waals surface area contributed by atoms with Crippen LogP contribution in [-0.2, 0) is 9.47 Å². The number of methoxy groups -OCH3 is 1. The van der Waals surface area contributed by atoms with Gasteiger partial charge in [-0.25, -0.2) is 9.78 Å². The number of anilines is 1. The molecule has 1 N–H and O–H groups in total. The van der Waals surface area contributed by atoms with Crippen molar-refractivity contribution in [2.45, 2.75) is 38.0 Å². The third kappa shape index (κ3) is 1.53. The van der Waals surface area contributed by atoms with Crippen LogP contribution in [0.25, 0.3) is 0 Å². The van der Waals surface area contributed by atoms with E-state index in [9.17, 15) is 4.79 Å². The maximum atomic E-state index is 12.4. The van der Waals surface area contributed by atoms with Crippen LogP contribution in [0, 0.1) is 5.92 Å². The molecule has 0 saturated heterocycles. The highest BCUT2D eigenvalue weighted by Crippen LogP contribution is 2.65. The zero-order valence-electron chi connectivity index (χ0n) is 14.9. The molecule has 5 heteroatoms. The van der Waals surface area contributed by atoms with Crippen LogP contribution < -0.4 is 5.32 Å². The number of nitrogens with zero attached hydrogens (tertiary/aromatic N) is 1. The van der Waals surface area contributed by atoms with Crippen molar-refractivity contribution in [3.63, 3.8) is 0 Å². The predicted octanol–water partition coefficient (Wildman–Crippen LogP) is 3.77. The summed E-state index contributed by atoms with van der Waals surface area (Å²) in [5.41, 5.74) is 9.19. The van der Waals surface area contributed by atoms with Gasteiger partial charge in [0.15, 0.2) is 5.69 Å². The summed E-state index contributed by atoms with van der Waals surface area (Å²) in [6, 6.07) is 0. The second-order valence-electron chi connectivity index (χ2n) is 7.71. The first-order valence-corrected chi connectivity index (χ1v) is 9.44. The molecule has 0 amide bonds. The first-order chi connectivity index (χ1) is 12.7. The van der Waals surface area contributed by atoms with E-state index in [1.54, 1.807) is 7.11 Å². The van der Waals surface area contributed by atoms with Crippen molar-refractivity contribution in [3.8, 4) is 0 Å². The number of nitrogens with one attached hydrogen (secondary N) is 1. The van der Waals surface area contributed by atoms with Gasteiger partial charge in [-0.3, -0.25) is 0 Å². The molecule has 5 aliphatic rings. The quantitative estimate of drug-likeness (QED) is 0.821. The van der Waals surface area contributed by atoms with Crippen molar-refractivity contribution in [2.75, 3.05) is 19.0 Å². The van der Waals surface area contributed by atoms with Crippen molar-refractivity contribution < 1.29 is 14.3 Å². The van der Waals surface area contributed by atoms with Gasteiger partial charge in [-0.1, -0.05) is 0 Å². The number of allylic oxidation sites excluding steroid dienone is 4. The third-order valence-electron chi connectivity index (χ3n) is 6.63. The molecule has 5 aliphatic carbocycles. The first kappa shape index (κ1) is 14.6. The smallest absolute Gasteiger partial charge is 0.357 e. The van der Waals surface area contributed by atoms with Gasteiger partial charge < -0.3 is 14.8 Å². The topological polar surface area (TPSA) is 60.5 Å². The van der Waals surface area contributed by atoms with Crippen LogP contribution in [-0.4, -0.2) is 24.7 Å². The summed E-state index contributed by atoms with van der Waals surface area (Å²) in [6.45, 7) is 2.21. The van der Waals surface area contributed by atoms with Crippen LogP contribution in [0.2, 0.25) is 0 Å². The monoisotopic (exact) mass is 348 g/mol. The molecule has 2 bridgehead atoms. The molecule has 0 spiro atoms. The molecule has 1 heterocycles. The number of ether oxygens (including phenoxy) is 2. The van der Waals surface area contributed by atoms with E-state index in [1.165, 1.54) is 34.4 Å². The minimum absolute atomic E-state index is 0.288. The summed E-state index contributed by atoms with van der Waals surface area (Å²) in [6.07, 6.45) is 7.51. The first-order valence-electron chi connectivity index (χ1n) is 9.44. The number of hydrogen-bond donors (Lipinski definition) is 1. The molecule has 0 radical (unpaired) electrons. The van der Waals surface area contributed by atoms with Crippen molar-refractivity contribution in [3.05, 3.63) is 57.3 Å². The van der Waals surface area contributed by atoms with E-state index in [0.717, 1.165) is 29.9 Å². The number of esters is 1. The maximum absolute atomic E-state index is 12.4. The molecule has 6 rings (SSSR count). The van der Waals surface area contributed by atoms with E-state index >= 15 is 0 Å². The fourth-order valence-corrected chi connectivity index (χ4v) is 5.54. The second-order valence-corrected chi connectivity index (χ2v) is 7.71. The summed E-state index contributed by atoms with van der Waals surface area (Å²) in [5, 5.41) is 3.63. The van der Waals surface area contributed by atoms with E-state index in [1.807, 2.05) is 13.1 Å². The number of carbonyl (C=O) groups excluding carboxylic acids is 1. The molecule has 1 aromatic heterocycles. The van der Waals surface area contributed by atoms with Crippen molar-refractivity contribution in [1.82, 2.24) is 4.98 Å². The third-order valence-corrected chi connectivity index (χ3v) is 6.63. The van der Waals surface area contributed by atoms with Gasteiger partial charge in [-0.2, -0.15) is 0 Å². The van der Waals surface area contributed by atoms with Crippen LogP contribution in [0.4, 0.5) is 5.69 Å². The van der Waals surface area contributed by atoms with Gasteiger partial charge in [0.2, 0.25) is 0 Å². The summed E-state index contributed by atoms with van der Waals surface area (Å²) in [7, 11) is 1.74. The predicted molar refractivity (Wildman–Crippen MR) is 95.8 cm³/mol. The van der Waals surface area contributed by atoms with Crippen molar-refractivity contribution in [1.29, 1.82) is 0 Å². The average molecular weight is 348 g/mol. The number of rotatable bonds is 5. The molecule has 0 aromatic carbocycles. The van der Waals surface area contributed by atoms with E-state index in [4.69, 9.17) is 9.47 Å². The maximum Gasteiger partial charge on any atom is 0.357 e. The molecule has 1 aromatic rings. The molecule has 5 nitrogen and oxygen atoms in total. The van der Waals surface area contributed by atoms with Crippen LogP contribution in [0.1, 0.15) is 59.6 Å². The Kier molecular flexibility index (Phi) is 2.68. The molecule has 132 valence electrons. The Morgan fingerprint density at radius 2 is 2.12 bits per heavy atom. The van der Waals surface area contributed by atoms with Crippen LogP contribution in [0.5, 0.6) is 0 Å². The highest BCUT2D eigenvalue weighted by atomic mass is 16.5. The van der Waals surface area contributed by atoms with Gasteiger partial charge in [0, 0.05) is 17.1 Å². The molecule has 3 atom stereocenters. The lowest BCUT2D eigenvalue weighted by molar-refractivity contribution is 0.0517. The number of hydrogen-bond acceptors (Lipinski definition) is 5. The Labute approximate surface area is 151 Å². The Morgan fingerprint density at radius 3 is 2.85 bits per heavy atom. The summed E-state index contributed by atoms with van der Waals surface area (Å²) < 4.78 is 10.8. The van der Waals surface area contributed by atoms with Crippen LogP contribution >= 0.6 is 0 Å². The zero-order chi connectivity index (χ0) is 17.6. The number of fused-ring (bicyclic) bond motifs is 5. The summed E-state index contributed by atoms with van der Waals surface area (Å²) >= 11 is 0. The zero-order valence-corrected chi connectivity index (χ0v) is 14.9. The molecular formula is C21H20N2O3. The Hall–Kier alpha value is -2.56. The van der Waals surface area contributed by atoms with Crippen LogP contribution in [0.3, 0.4) is 0 Å². The highest BCUT2D eigenvalue weighted by Gasteiger charge is 2.55. The van der Waals surface area contributed by atoms with Crippen LogP contribution in [0.15, 0.2) is 40.4 Å². The number of aromatic nitrogens is 1. The standard InChI is InChI=1S/C21H20N2O3/c1-3-26-21(24)19-15-10-5-4-9(6-10)14(15)13(8-22-19)23-18-11-7-12-16(11)17(18)20(12)25-2/h7-10,16,23H,3-6H2,1-2H3. The largest absolute Gasteiger partial charge is 0.496 e. The Bertz CT molecular complexity index is 985. The SMILES string of the molecule is CCOC(=O)c1ncc(NC2=C3C=C4C(OC)=C2C43)c2c1C1CCC2C1. The molecule has 1 saturated carbocycles. The molecule has 1 fully saturated rings. The summed E-state index contributed by atoms with van der Waals surface area (Å²) in [5.74, 6) is 2.23. The van der Waals surface area contributed by atoms with Gasteiger partial charge in [0.25, 0.3) is 0 Å². The van der Waals surface area contributed by atoms with Gasteiger partial charge >= 0.3 is 5.97 Å². The highest BCUT2D eigenvalue weighted by molar-refractivity contribution is 5.91. The Morgan fingerprint density at radius 1 is 1.31 bits per heavy atom. The fraction of sp³-hybridized carbons (Fsp3) is 0.429. The minimum Gasteiger partial charge on any atom is -0.496 e. The number of carbonyl (C=O) groups is 1. The lowest BCUT2D eigenvalue weighted by Gasteiger charge is -2.52. The second kappa shape index (κ2) is 4.78. The lowest BCUT2D eigenvalue weighted by atomic mass is 9.54. The molecule has 3 unspecified atom stereocenters.